The first-order valence-corrected chi connectivity index (χ1v) is 7.55. The van der Waals surface area contributed by atoms with E-state index in [9.17, 15) is 0 Å². The van der Waals surface area contributed by atoms with Crippen LogP contribution in [-0.4, -0.2) is 12.1 Å². The Bertz CT molecular complexity index is 316. The second-order valence-electron chi connectivity index (χ2n) is 6.44. The molecule has 3 saturated carbocycles. The van der Waals surface area contributed by atoms with Crippen molar-refractivity contribution in [1.82, 2.24) is 5.32 Å². The van der Waals surface area contributed by atoms with Crippen molar-refractivity contribution in [1.29, 1.82) is 0 Å². The minimum absolute atomic E-state index is 0.323. The van der Waals surface area contributed by atoms with Crippen molar-refractivity contribution in [3.63, 3.8) is 0 Å². The van der Waals surface area contributed by atoms with Crippen LogP contribution in [0.25, 0.3) is 0 Å². The summed E-state index contributed by atoms with van der Waals surface area (Å²) in [4.78, 5) is 0. The molecule has 0 radical (unpaired) electrons. The Labute approximate surface area is 106 Å². The minimum atomic E-state index is 0.323. The van der Waals surface area contributed by atoms with Crippen molar-refractivity contribution in [2.75, 3.05) is 0 Å². The average Bonchev–Trinajstić information content (AvgIpc) is 2.99. The molecule has 17 heavy (non-hydrogen) atoms. The SMILES string of the molecule is C#CC(CCC)NC1CC2CC1C1CCCC21. The molecule has 0 saturated heterocycles. The Kier molecular flexibility index (Phi) is 3.17. The van der Waals surface area contributed by atoms with Gasteiger partial charge in [-0.1, -0.05) is 25.7 Å². The molecule has 1 nitrogen and oxygen atoms in total. The van der Waals surface area contributed by atoms with E-state index in [0.717, 1.165) is 36.1 Å². The highest BCUT2D eigenvalue weighted by molar-refractivity contribution is 5.08. The van der Waals surface area contributed by atoms with Crippen LogP contribution in [-0.2, 0) is 0 Å². The van der Waals surface area contributed by atoms with Crippen LogP contribution in [0.2, 0.25) is 0 Å². The van der Waals surface area contributed by atoms with Crippen LogP contribution in [0.4, 0.5) is 0 Å². The summed E-state index contributed by atoms with van der Waals surface area (Å²) >= 11 is 0. The fraction of sp³-hybridized carbons (Fsp3) is 0.875. The lowest BCUT2D eigenvalue weighted by atomic mass is 9.79. The summed E-state index contributed by atoms with van der Waals surface area (Å²) in [6.07, 6.45) is 15.4. The van der Waals surface area contributed by atoms with Gasteiger partial charge in [0.2, 0.25) is 0 Å². The lowest BCUT2D eigenvalue weighted by molar-refractivity contribution is 0.202. The first-order valence-electron chi connectivity index (χ1n) is 7.55. The van der Waals surface area contributed by atoms with Gasteiger partial charge in [0.15, 0.2) is 0 Å². The van der Waals surface area contributed by atoms with Crippen LogP contribution in [0.5, 0.6) is 0 Å². The van der Waals surface area contributed by atoms with Gasteiger partial charge in [0, 0.05) is 6.04 Å². The minimum Gasteiger partial charge on any atom is -0.301 e. The van der Waals surface area contributed by atoms with E-state index in [1.807, 2.05) is 0 Å². The van der Waals surface area contributed by atoms with Gasteiger partial charge in [-0.25, -0.2) is 0 Å². The van der Waals surface area contributed by atoms with E-state index in [2.05, 4.69) is 18.2 Å². The molecule has 94 valence electrons. The van der Waals surface area contributed by atoms with Gasteiger partial charge in [-0.2, -0.15) is 0 Å². The third kappa shape index (κ3) is 1.91. The van der Waals surface area contributed by atoms with Crippen molar-refractivity contribution in [3.05, 3.63) is 0 Å². The summed E-state index contributed by atoms with van der Waals surface area (Å²) in [7, 11) is 0. The van der Waals surface area contributed by atoms with Crippen LogP contribution in [0.1, 0.15) is 51.9 Å². The van der Waals surface area contributed by atoms with Gasteiger partial charge in [-0.3, -0.25) is 0 Å². The summed E-state index contributed by atoms with van der Waals surface area (Å²) in [6.45, 7) is 2.22. The molecule has 3 rings (SSSR count). The maximum atomic E-state index is 5.63. The van der Waals surface area contributed by atoms with E-state index in [4.69, 9.17) is 6.42 Å². The van der Waals surface area contributed by atoms with E-state index in [1.54, 1.807) is 0 Å². The molecular weight excluding hydrogens is 206 g/mol. The van der Waals surface area contributed by atoms with Crippen molar-refractivity contribution < 1.29 is 0 Å². The zero-order valence-electron chi connectivity index (χ0n) is 11.0. The van der Waals surface area contributed by atoms with Crippen molar-refractivity contribution in [2.45, 2.75) is 64.0 Å². The number of hydrogen-bond acceptors (Lipinski definition) is 1. The molecule has 0 aromatic rings. The quantitative estimate of drug-likeness (QED) is 0.733. The summed E-state index contributed by atoms with van der Waals surface area (Å²) < 4.78 is 0. The van der Waals surface area contributed by atoms with Crippen molar-refractivity contribution in [3.8, 4) is 12.3 Å². The van der Waals surface area contributed by atoms with Gasteiger partial charge in [0.1, 0.15) is 0 Å². The van der Waals surface area contributed by atoms with Crippen LogP contribution in [0, 0.1) is 36.0 Å². The highest BCUT2D eigenvalue weighted by Gasteiger charge is 2.53. The molecule has 0 aliphatic heterocycles. The third-order valence-electron chi connectivity index (χ3n) is 5.62. The van der Waals surface area contributed by atoms with E-state index in [1.165, 1.54) is 38.5 Å². The summed E-state index contributed by atoms with van der Waals surface area (Å²) in [5, 5.41) is 3.77. The van der Waals surface area contributed by atoms with Crippen LogP contribution in [0.3, 0.4) is 0 Å². The first-order chi connectivity index (χ1) is 8.33. The monoisotopic (exact) mass is 231 g/mol. The second-order valence-corrected chi connectivity index (χ2v) is 6.44. The molecule has 2 bridgehead atoms. The van der Waals surface area contributed by atoms with E-state index in [0.29, 0.717) is 6.04 Å². The molecule has 3 fully saturated rings. The molecule has 1 heteroatoms. The van der Waals surface area contributed by atoms with E-state index in [-0.39, 0.29) is 0 Å². The molecule has 6 atom stereocenters. The second kappa shape index (κ2) is 4.65. The third-order valence-corrected chi connectivity index (χ3v) is 5.62. The fourth-order valence-corrected chi connectivity index (χ4v) is 5.02. The maximum absolute atomic E-state index is 5.63. The average molecular weight is 231 g/mol. The Morgan fingerprint density at radius 1 is 1.24 bits per heavy atom. The number of rotatable bonds is 4. The van der Waals surface area contributed by atoms with Gasteiger partial charge in [-0.05, 0) is 55.8 Å². The topological polar surface area (TPSA) is 12.0 Å². The van der Waals surface area contributed by atoms with Crippen LogP contribution < -0.4 is 5.32 Å². The van der Waals surface area contributed by atoms with Gasteiger partial charge >= 0.3 is 0 Å². The Hall–Kier alpha value is -0.480. The molecule has 0 heterocycles. The molecule has 6 unspecified atom stereocenters. The number of nitrogens with one attached hydrogen (secondary N) is 1. The standard InChI is InChI=1S/C16H25N/c1-3-6-12(4-2)17-16-10-11-9-15(16)14-8-5-7-13(11)14/h2,11-17H,3,5-10H2,1H3. The first kappa shape index (κ1) is 11.6. The number of terminal acetylenes is 1. The number of fused-ring (bicyclic) bond motifs is 5. The van der Waals surface area contributed by atoms with Gasteiger partial charge in [-0.15, -0.1) is 6.42 Å². The lowest BCUT2D eigenvalue weighted by Gasteiger charge is -2.33. The molecular formula is C16H25N. The molecule has 0 amide bonds. The fourth-order valence-electron chi connectivity index (χ4n) is 5.02. The van der Waals surface area contributed by atoms with E-state index < -0.39 is 0 Å². The lowest BCUT2D eigenvalue weighted by Crippen LogP contribution is -2.44. The van der Waals surface area contributed by atoms with Crippen molar-refractivity contribution >= 4 is 0 Å². The molecule has 3 aliphatic rings. The number of hydrogen-bond donors (Lipinski definition) is 1. The van der Waals surface area contributed by atoms with Gasteiger partial charge in [0.05, 0.1) is 6.04 Å². The summed E-state index contributed by atoms with van der Waals surface area (Å²) in [5.41, 5.74) is 0. The normalized spacial score (nSPS) is 44.6. The zero-order chi connectivity index (χ0) is 11.8. The van der Waals surface area contributed by atoms with Gasteiger partial charge in [0.25, 0.3) is 0 Å². The van der Waals surface area contributed by atoms with E-state index >= 15 is 0 Å². The Morgan fingerprint density at radius 3 is 2.82 bits per heavy atom. The van der Waals surface area contributed by atoms with Crippen LogP contribution in [0.15, 0.2) is 0 Å². The molecule has 0 spiro atoms. The predicted molar refractivity (Wildman–Crippen MR) is 71.5 cm³/mol. The summed E-state index contributed by atoms with van der Waals surface area (Å²) in [5.74, 6) is 7.07. The Balaban J connectivity index is 1.62. The summed E-state index contributed by atoms with van der Waals surface area (Å²) in [6, 6.07) is 1.07. The van der Waals surface area contributed by atoms with Gasteiger partial charge < -0.3 is 5.32 Å². The predicted octanol–water partition coefficient (Wildman–Crippen LogP) is 3.20. The molecule has 3 aliphatic carbocycles. The van der Waals surface area contributed by atoms with Crippen LogP contribution >= 0.6 is 0 Å². The van der Waals surface area contributed by atoms with Crippen molar-refractivity contribution in [2.24, 2.45) is 23.7 Å². The largest absolute Gasteiger partial charge is 0.301 e. The highest BCUT2D eigenvalue weighted by atomic mass is 15.0. The molecule has 0 aromatic carbocycles. The Morgan fingerprint density at radius 2 is 2.06 bits per heavy atom. The highest BCUT2D eigenvalue weighted by Crippen LogP contribution is 2.58. The molecule has 1 N–H and O–H groups in total. The molecule has 0 aromatic heterocycles. The maximum Gasteiger partial charge on any atom is 0.0689 e. The smallest absolute Gasteiger partial charge is 0.0689 e. The zero-order valence-corrected chi connectivity index (χ0v) is 11.0.